The van der Waals surface area contributed by atoms with Gasteiger partial charge in [0.15, 0.2) is 0 Å². The zero-order valence-electron chi connectivity index (χ0n) is 12.3. The molecule has 0 atom stereocenters. The fraction of sp³-hybridized carbons (Fsp3) is 0.533. The number of likely N-dealkylation sites (N-methyl/N-ethyl adjacent to an activating group) is 1. The molecule has 0 aromatic heterocycles. The van der Waals surface area contributed by atoms with Gasteiger partial charge in [-0.25, -0.2) is 0 Å². The first kappa shape index (κ1) is 15.9. The topological polar surface area (TPSA) is 30.3 Å². The predicted octanol–water partition coefficient (Wildman–Crippen LogP) is 3.06. The first-order chi connectivity index (χ1) is 9.13. The second kappa shape index (κ2) is 8.08. The maximum absolute atomic E-state index is 9.42. The van der Waals surface area contributed by atoms with Crippen LogP contribution in [0.4, 0.5) is 5.69 Å². The minimum atomic E-state index is 0.808. The van der Waals surface area contributed by atoms with Crippen LogP contribution in [-0.4, -0.2) is 44.9 Å². The van der Waals surface area contributed by atoms with Crippen molar-refractivity contribution in [2.24, 2.45) is 0 Å². The zero-order chi connectivity index (χ0) is 14.3. The van der Waals surface area contributed by atoms with Gasteiger partial charge in [0.1, 0.15) is 6.07 Å². The van der Waals surface area contributed by atoms with E-state index in [9.17, 15) is 5.26 Å². The van der Waals surface area contributed by atoms with Gasteiger partial charge in [0.05, 0.1) is 11.3 Å². The van der Waals surface area contributed by atoms with Crippen molar-refractivity contribution in [3.63, 3.8) is 0 Å². The van der Waals surface area contributed by atoms with Gasteiger partial charge in [-0.3, -0.25) is 0 Å². The molecule has 0 N–H and O–H groups in total. The molecule has 0 radical (unpaired) electrons. The van der Waals surface area contributed by atoms with Crippen molar-refractivity contribution in [2.45, 2.75) is 18.2 Å². The van der Waals surface area contributed by atoms with Crippen molar-refractivity contribution in [3.05, 3.63) is 23.8 Å². The summed E-state index contributed by atoms with van der Waals surface area (Å²) in [5.74, 6) is 0. The van der Waals surface area contributed by atoms with E-state index in [1.165, 1.54) is 0 Å². The molecule has 19 heavy (non-hydrogen) atoms. The largest absolute Gasteiger partial charge is 0.369 e. The highest BCUT2D eigenvalue weighted by molar-refractivity contribution is 7.98. The first-order valence-corrected chi connectivity index (χ1v) is 7.83. The summed E-state index contributed by atoms with van der Waals surface area (Å²) in [6, 6.07) is 8.48. The van der Waals surface area contributed by atoms with E-state index in [0.29, 0.717) is 0 Å². The molecule has 0 aliphatic rings. The lowest BCUT2D eigenvalue weighted by atomic mass is 10.1. The van der Waals surface area contributed by atoms with Crippen molar-refractivity contribution in [1.29, 1.82) is 5.26 Å². The molecule has 0 fully saturated rings. The minimum absolute atomic E-state index is 0.808. The molecule has 0 aliphatic heterocycles. The zero-order valence-corrected chi connectivity index (χ0v) is 13.1. The van der Waals surface area contributed by atoms with E-state index >= 15 is 0 Å². The average molecular weight is 277 g/mol. The number of hydrogen-bond acceptors (Lipinski definition) is 4. The van der Waals surface area contributed by atoms with E-state index in [2.05, 4.69) is 43.0 Å². The standard InChI is InChI=1S/C15H23N3S/c1-5-9-18(11-10-17(2)3)14-7-6-8-15(19-4)13(14)12-16/h6-8H,5,9-11H2,1-4H3. The Morgan fingerprint density at radius 3 is 2.47 bits per heavy atom. The lowest BCUT2D eigenvalue weighted by molar-refractivity contribution is 0.413. The molecular formula is C15H23N3S. The van der Waals surface area contributed by atoms with Gasteiger partial charge < -0.3 is 9.80 Å². The Balaban J connectivity index is 3.04. The minimum Gasteiger partial charge on any atom is -0.369 e. The molecule has 0 saturated carbocycles. The number of nitrogens with zero attached hydrogens (tertiary/aromatic N) is 3. The van der Waals surface area contributed by atoms with Gasteiger partial charge in [0.2, 0.25) is 0 Å². The third-order valence-corrected chi connectivity index (χ3v) is 3.77. The van der Waals surface area contributed by atoms with Gasteiger partial charge in [0.25, 0.3) is 0 Å². The van der Waals surface area contributed by atoms with Crippen LogP contribution in [0.2, 0.25) is 0 Å². The Morgan fingerprint density at radius 2 is 1.95 bits per heavy atom. The molecule has 0 amide bonds. The smallest absolute Gasteiger partial charge is 0.103 e. The first-order valence-electron chi connectivity index (χ1n) is 6.60. The third kappa shape index (κ3) is 4.45. The number of rotatable bonds is 7. The van der Waals surface area contributed by atoms with Crippen molar-refractivity contribution in [1.82, 2.24) is 4.90 Å². The number of nitriles is 1. The van der Waals surface area contributed by atoms with Crippen LogP contribution in [0.25, 0.3) is 0 Å². The van der Waals surface area contributed by atoms with Crippen LogP contribution in [0.15, 0.2) is 23.1 Å². The van der Waals surface area contributed by atoms with E-state index in [0.717, 1.165) is 42.2 Å². The Hall–Kier alpha value is -1.18. The lowest BCUT2D eigenvalue weighted by Crippen LogP contribution is -2.32. The van der Waals surface area contributed by atoms with Crippen LogP contribution in [0.5, 0.6) is 0 Å². The fourth-order valence-electron chi connectivity index (χ4n) is 2.01. The Labute approximate surface area is 121 Å². The second-order valence-electron chi connectivity index (χ2n) is 4.76. The summed E-state index contributed by atoms with van der Waals surface area (Å²) in [5, 5.41) is 9.42. The molecule has 1 rings (SSSR count). The molecule has 1 aromatic carbocycles. The Morgan fingerprint density at radius 1 is 1.21 bits per heavy atom. The highest BCUT2D eigenvalue weighted by Crippen LogP contribution is 2.29. The quantitative estimate of drug-likeness (QED) is 0.717. The second-order valence-corrected chi connectivity index (χ2v) is 5.60. The van der Waals surface area contributed by atoms with Gasteiger partial charge in [-0.05, 0) is 38.9 Å². The van der Waals surface area contributed by atoms with Crippen molar-refractivity contribution in [3.8, 4) is 6.07 Å². The van der Waals surface area contributed by atoms with Crippen molar-refractivity contribution in [2.75, 3.05) is 44.9 Å². The summed E-state index contributed by atoms with van der Waals surface area (Å²) < 4.78 is 0. The lowest BCUT2D eigenvalue weighted by Gasteiger charge is -2.27. The number of benzene rings is 1. The Kier molecular flexibility index (Phi) is 6.75. The molecule has 0 bridgehead atoms. The molecule has 3 nitrogen and oxygen atoms in total. The number of thioether (sulfide) groups is 1. The normalized spacial score (nSPS) is 10.5. The average Bonchev–Trinajstić information content (AvgIpc) is 2.42. The van der Waals surface area contributed by atoms with E-state index < -0.39 is 0 Å². The third-order valence-electron chi connectivity index (χ3n) is 2.99. The van der Waals surface area contributed by atoms with Gasteiger partial charge in [-0.1, -0.05) is 13.0 Å². The predicted molar refractivity (Wildman–Crippen MR) is 84.0 cm³/mol. The Bertz CT molecular complexity index is 438. The molecule has 0 unspecified atom stereocenters. The molecule has 0 heterocycles. The van der Waals surface area contributed by atoms with Crippen LogP contribution < -0.4 is 4.90 Å². The summed E-state index contributed by atoms with van der Waals surface area (Å²) in [7, 11) is 4.15. The van der Waals surface area contributed by atoms with E-state index in [1.54, 1.807) is 11.8 Å². The molecule has 104 valence electrons. The van der Waals surface area contributed by atoms with Gasteiger partial charge in [-0.15, -0.1) is 11.8 Å². The van der Waals surface area contributed by atoms with E-state index in [-0.39, 0.29) is 0 Å². The van der Waals surface area contributed by atoms with Crippen molar-refractivity contribution < 1.29 is 0 Å². The SMILES string of the molecule is CCCN(CCN(C)C)c1cccc(SC)c1C#N. The summed E-state index contributed by atoms with van der Waals surface area (Å²) >= 11 is 1.63. The van der Waals surface area contributed by atoms with Gasteiger partial charge in [-0.2, -0.15) is 5.26 Å². The summed E-state index contributed by atoms with van der Waals surface area (Å²) in [6.07, 6.45) is 3.10. The highest BCUT2D eigenvalue weighted by atomic mass is 32.2. The fourth-order valence-corrected chi connectivity index (χ4v) is 2.58. The van der Waals surface area contributed by atoms with E-state index in [1.807, 2.05) is 18.4 Å². The molecule has 0 saturated heterocycles. The summed E-state index contributed by atoms with van der Waals surface area (Å²) in [4.78, 5) is 5.55. The van der Waals surface area contributed by atoms with Crippen LogP contribution in [0.1, 0.15) is 18.9 Å². The number of hydrogen-bond donors (Lipinski definition) is 0. The van der Waals surface area contributed by atoms with Gasteiger partial charge in [0, 0.05) is 24.5 Å². The monoisotopic (exact) mass is 277 g/mol. The maximum Gasteiger partial charge on any atom is 0.103 e. The maximum atomic E-state index is 9.42. The van der Waals surface area contributed by atoms with Crippen LogP contribution in [0, 0.1) is 11.3 Å². The number of anilines is 1. The molecule has 0 aliphatic carbocycles. The molecular weight excluding hydrogens is 254 g/mol. The van der Waals surface area contributed by atoms with Crippen LogP contribution in [-0.2, 0) is 0 Å². The highest BCUT2D eigenvalue weighted by Gasteiger charge is 2.13. The summed E-state index contributed by atoms with van der Waals surface area (Å²) in [6.45, 7) is 5.11. The summed E-state index contributed by atoms with van der Waals surface area (Å²) in [5.41, 5.74) is 1.88. The molecule has 1 aromatic rings. The van der Waals surface area contributed by atoms with Crippen molar-refractivity contribution >= 4 is 17.4 Å². The van der Waals surface area contributed by atoms with Gasteiger partial charge >= 0.3 is 0 Å². The molecule has 0 spiro atoms. The van der Waals surface area contributed by atoms with Crippen LogP contribution in [0.3, 0.4) is 0 Å². The molecule has 4 heteroatoms. The van der Waals surface area contributed by atoms with E-state index in [4.69, 9.17) is 0 Å². The van der Waals surface area contributed by atoms with Crippen LogP contribution >= 0.6 is 11.8 Å².